The highest BCUT2D eigenvalue weighted by Gasteiger charge is 2.21. The van der Waals surface area contributed by atoms with E-state index in [1.165, 1.54) is 7.11 Å². The highest BCUT2D eigenvalue weighted by Crippen LogP contribution is 2.15. The minimum absolute atomic E-state index is 0.228. The Hall–Kier alpha value is -1.06. The molecule has 0 heterocycles. The van der Waals surface area contributed by atoms with E-state index in [1.54, 1.807) is 6.92 Å². The quantitative estimate of drug-likeness (QED) is 0.644. The van der Waals surface area contributed by atoms with Crippen LogP contribution in [0.3, 0.4) is 0 Å². The summed E-state index contributed by atoms with van der Waals surface area (Å²) < 4.78 is 4.55. The van der Waals surface area contributed by atoms with Gasteiger partial charge in [0.05, 0.1) is 13.0 Å². The van der Waals surface area contributed by atoms with Crippen LogP contribution in [0.25, 0.3) is 0 Å². The molecule has 0 rings (SSSR count). The van der Waals surface area contributed by atoms with Gasteiger partial charge < -0.3 is 10.5 Å². The molecule has 0 radical (unpaired) electrons. The number of methoxy groups -OCH3 is 1. The van der Waals surface area contributed by atoms with E-state index in [4.69, 9.17) is 5.73 Å². The van der Waals surface area contributed by atoms with E-state index >= 15 is 0 Å². The molecule has 0 aromatic rings. The Morgan fingerprint density at radius 3 is 2.31 bits per heavy atom. The van der Waals surface area contributed by atoms with Crippen LogP contribution in [0.2, 0.25) is 0 Å². The summed E-state index contributed by atoms with van der Waals surface area (Å²) in [6.07, 6.45) is 1.13. The maximum atomic E-state index is 11.0. The van der Waals surface area contributed by atoms with Crippen molar-refractivity contribution in [2.24, 2.45) is 17.6 Å². The van der Waals surface area contributed by atoms with Crippen molar-refractivity contribution in [2.45, 2.75) is 26.7 Å². The van der Waals surface area contributed by atoms with Crippen LogP contribution in [0.5, 0.6) is 0 Å². The largest absolute Gasteiger partial charge is 0.469 e. The standard InChI is InChI=1S/C9H17NO3/c1-4-7(8(10)11)5-6(2)9(12)13-3/h6-7H,4-5H2,1-3H3,(H2,10,11). The molecule has 0 aliphatic heterocycles. The maximum absolute atomic E-state index is 11.0. The van der Waals surface area contributed by atoms with Gasteiger partial charge in [0.25, 0.3) is 0 Å². The number of carbonyl (C=O) groups excluding carboxylic acids is 2. The molecule has 76 valence electrons. The molecule has 2 N–H and O–H groups in total. The summed E-state index contributed by atoms with van der Waals surface area (Å²) in [6.45, 7) is 3.61. The second-order valence-corrected chi connectivity index (χ2v) is 3.17. The van der Waals surface area contributed by atoms with Crippen LogP contribution in [0.4, 0.5) is 0 Å². The summed E-state index contributed by atoms with van der Waals surface area (Å²) in [4.78, 5) is 21.9. The first-order valence-electron chi connectivity index (χ1n) is 4.40. The van der Waals surface area contributed by atoms with Crippen LogP contribution in [0.1, 0.15) is 26.7 Å². The van der Waals surface area contributed by atoms with Gasteiger partial charge in [-0.05, 0) is 12.8 Å². The van der Waals surface area contributed by atoms with Crippen molar-refractivity contribution >= 4 is 11.9 Å². The first kappa shape index (κ1) is 11.9. The van der Waals surface area contributed by atoms with Crippen molar-refractivity contribution < 1.29 is 14.3 Å². The van der Waals surface area contributed by atoms with Crippen molar-refractivity contribution in [3.05, 3.63) is 0 Å². The molecule has 4 nitrogen and oxygen atoms in total. The zero-order chi connectivity index (χ0) is 10.4. The molecule has 0 bridgehead atoms. The average molecular weight is 187 g/mol. The summed E-state index contributed by atoms with van der Waals surface area (Å²) in [6, 6.07) is 0. The van der Waals surface area contributed by atoms with E-state index in [-0.39, 0.29) is 23.7 Å². The Kier molecular flexibility index (Phi) is 5.11. The maximum Gasteiger partial charge on any atom is 0.308 e. The normalized spacial score (nSPS) is 14.7. The van der Waals surface area contributed by atoms with Crippen LogP contribution in [-0.4, -0.2) is 19.0 Å². The Bertz CT molecular complexity index is 191. The third-order valence-electron chi connectivity index (χ3n) is 2.14. The van der Waals surface area contributed by atoms with Gasteiger partial charge in [0, 0.05) is 5.92 Å². The van der Waals surface area contributed by atoms with Crippen LogP contribution < -0.4 is 5.73 Å². The summed E-state index contributed by atoms with van der Waals surface area (Å²) in [7, 11) is 1.34. The molecule has 1 amide bonds. The fourth-order valence-corrected chi connectivity index (χ4v) is 1.21. The number of esters is 1. The van der Waals surface area contributed by atoms with Gasteiger partial charge >= 0.3 is 5.97 Å². The number of carbonyl (C=O) groups is 2. The van der Waals surface area contributed by atoms with Crippen LogP contribution >= 0.6 is 0 Å². The van der Waals surface area contributed by atoms with E-state index < -0.39 is 0 Å². The Morgan fingerprint density at radius 1 is 1.46 bits per heavy atom. The lowest BCUT2D eigenvalue weighted by atomic mass is 9.93. The fourth-order valence-electron chi connectivity index (χ4n) is 1.21. The van der Waals surface area contributed by atoms with E-state index in [2.05, 4.69) is 4.74 Å². The first-order chi connectivity index (χ1) is 6.02. The Balaban J connectivity index is 4.08. The molecule has 0 saturated carbocycles. The molecule has 0 aromatic carbocycles. The molecule has 0 spiro atoms. The third-order valence-corrected chi connectivity index (χ3v) is 2.14. The van der Waals surface area contributed by atoms with Gasteiger partial charge in [0.15, 0.2) is 0 Å². The van der Waals surface area contributed by atoms with Crippen molar-refractivity contribution in [1.29, 1.82) is 0 Å². The molecule has 2 atom stereocenters. The van der Waals surface area contributed by atoms with Gasteiger partial charge in [0.1, 0.15) is 0 Å². The minimum atomic E-state index is -0.349. The lowest BCUT2D eigenvalue weighted by Crippen LogP contribution is -2.27. The van der Waals surface area contributed by atoms with E-state index in [9.17, 15) is 9.59 Å². The molecule has 13 heavy (non-hydrogen) atoms. The lowest BCUT2D eigenvalue weighted by molar-refractivity contribution is -0.145. The molecule has 0 aromatic heterocycles. The van der Waals surface area contributed by atoms with E-state index in [1.807, 2.05) is 6.92 Å². The summed E-state index contributed by atoms with van der Waals surface area (Å²) in [5.41, 5.74) is 5.15. The zero-order valence-electron chi connectivity index (χ0n) is 8.37. The van der Waals surface area contributed by atoms with Crippen LogP contribution in [0, 0.1) is 11.8 Å². The molecular weight excluding hydrogens is 170 g/mol. The predicted octanol–water partition coefficient (Wildman–Crippen LogP) is 0.697. The van der Waals surface area contributed by atoms with Crippen LogP contribution in [-0.2, 0) is 14.3 Å². The van der Waals surface area contributed by atoms with Crippen molar-refractivity contribution in [2.75, 3.05) is 7.11 Å². The van der Waals surface area contributed by atoms with Gasteiger partial charge in [0.2, 0.25) is 5.91 Å². The fraction of sp³-hybridized carbons (Fsp3) is 0.778. The van der Waals surface area contributed by atoms with Gasteiger partial charge in [-0.25, -0.2) is 0 Å². The summed E-state index contributed by atoms with van der Waals surface area (Å²) >= 11 is 0. The lowest BCUT2D eigenvalue weighted by Gasteiger charge is -2.14. The Morgan fingerprint density at radius 2 is 2.00 bits per heavy atom. The molecule has 0 aliphatic rings. The molecule has 0 aliphatic carbocycles. The predicted molar refractivity (Wildman–Crippen MR) is 48.8 cm³/mol. The zero-order valence-corrected chi connectivity index (χ0v) is 8.37. The van der Waals surface area contributed by atoms with Gasteiger partial charge in [-0.1, -0.05) is 13.8 Å². The number of ether oxygens (including phenoxy) is 1. The van der Waals surface area contributed by atoms with Crippen LogP contribution in [0.15, 0.2) is 0 Å². The highest BCUT2D eigenvalue weighted by molar-refractivity contribution is 5.78. The van der Waals surface area contributed by atoms with Gasteiger partial charge in [-0.3, -0.25) is 9.59 Å². The smallest absolute Gasteiger partial charge is 0.308 e. The monoisotopic (exact) mass is 187 g/mol. The average Bonchev–Trinajstić information content (AvgIpc) is 2.11. The van der Waals surface area contributed by atoms with Crippen molar-refractivity contribution in [3.8, 4) is 0 Å². The third kappa shape index (κ3) is 3.92. The molecule has 0 saturated heterocycles. The number of hydrogen-bond donors (Lipinski definition) is 1. The minimum Gasteiger partial charge on any atom is -0.469 e. The molecular formula is C9H17NO3. The highest BCUT2D eigenvalue weighted by atomic mass is 16.5. The number of primary amides is 1. The van der Waals surface area contributed by atoms with Crippen molar-refractivity contribution in [1.82, 2.24) is 0 Å². The summed E-state index contributed by atoms with van der Waals surface area (Å²) in [5.74, 6) is -1.13. The van der Waals surface area contributed by atoms with Gasteiger partial charge in [-0.2, -0.15) is 0 Å². The van der Waals surface area contributed by atoms with Crippen molar-refractivity contribution in [3.63, 3.8) is 0 Å². The molecule has 2 unspecified atom stereocenters. The number of hydrogen-bond acceptors (Lipinski definition) is 3. The second-order valence-electron chi connectivity index (χ2n) is 3.17. The second kappa shape index (κ2) is 5.56. The number of amides is 1. The number of rotatable bonds is 5. The molecule has 0 fully saturated rings. The summed E-state index contributed by atoms with van der Waals surface area (Å²) in [5, 5.41) is 0. The first-order valence-corrected chi connectivity index (χ1v) is 4.40. The topological polar surface area (TPSA) is 69.4 Å². The molecule has 4 heteroatoms. The van der Waals surface area contributed by atoms with E-state index in [0.717, 1.165) is 0 Å². The SMILES string of the molecule is CCC(CC(C)C(=O)OC)C(N)=O. The number of nitrogens with two attached hydrogens (primary N) is 1. The Labute approximate surface area is 78.4 Å². The van der Waals surface area contributed by atoms with Gasteiger partial charge in [-0.15, -0.1) is 0 Å². The van der Waals surface area contributed by atoms with E-state index in [0.29, 0.717) is 12.8 Å².